The first-order valence-corrected chi connectivity index (χ1v) is 9.40. The summed E-state index contributed by atoms with van der Waals surface area (Å²) in [6, 6.07) is 12.8. The van der Waals surface area contributed by atoms with Gasteiger partial charge in [-0.15, -0.1) is 0 Å². The van der Waals surface area contributed by atoms with Crippen molar-refractivity contribution in [2.45, 2.75) is 26.8 Å². The van der Waals surface area contributed by atoms with Crippen LogP contribution in [0.4, 0.5) is 17.5 Å². The second kappa shape index (κ2) is 8.31. The lowest BCUT2D eigenvalue weighted by Gasteiger charge is -2.36. The van der Waals surface area contributed by atoms with Gasteiger partial charge in [0.25, 0.3) is 0 Å². The highest BCUT2D eigenvalue weighted by atomic mass is 32.1. The summed E-state index contributed by atoms with van der Waals surface area (Å²) in [5.41, 5.74) is 2.20. The van der Waals surface area contributed by atoms with Crippen molar-refractivity contribution >= 4 is 34.8 Å². The quantitative estimate of drug-likeness (QED) is 0.803. The van der Waals surface area contributed by atoms with Gasteiger partial charge in [0.05, 0.1) is 0 Å². The standard InChI is InChI=1S/C19H26N6S/c1-14(2)20-19(26)23-18-21-15(3)13-17(22-18)25-11-9-24(10-12-25)16-7-5-4-6-8-16/h4-8,13-14H,9-12H2,1-3H3,(H2,20,21,22,23,26). The molecular formula is C19H26N6S. The molecular weight excluding hydrogens is 344 g/mol. The van der Waals surface area contributed by atoms with Crippen LogP contribution in [0.25, 0.3) is 0 Å². The summed E-state index contributed by atoms with van der Waals surface area (Å²) in [5, 5.41) is 6.79. The third kappa shape index (κ3) is 4.82. The number of para-hydroxylation sites is 1. The molecule has 0 radical (unpaired) electrons. The number of hydrogen-bond donors (Lipinski definition) is 2. The number of piperazine rings is 1. The highest BCUT2D eigenvalue weighted by Crippen LogP contribution is 2.20. The Labute approximate surface area is 160 Å². The van der Waals surface area contributed by atoms with Gasteiger partial charge in [0.15, 0.2) is 5.11 Å². The molecule has 1 fully saturated rings. The van der Waals surface area contributed by atoms with Crippen molar-refractivity contribution in [1.82, 2.24) is 15.3 Å². The van der Waals surface area contributed by atoms with Crippen LogP contribution in [0.2, 0.25) is 0 Å². The van der Waals surface area contributed by atoms with Crippen LogP contribution < -0.4 is 20.4 Å². The van der Waals surface area contributed by atoms with Crippen LogP contribution >= 0.6 is 12.2 Å². The fourth-order valence-corrected chi connectivity index (χ4v) is 3.33. The number of benzene rings is 1. The number of aromatic nitrogens is 2. The minimum atomic E-state index is 0.269. The molecule has 0 unspecified atom stereocenters. The molecule has 1 aromatic carbocycles. The maximum atomic E-state index is 5.30. The number of nitrogens with zero attached hydrogens (tertiary/aromatic N) is 4. The molecule has 7 heteroatoms. The van der Waals surface area contributed by atoms with E-state index in [1.165, 1.54) is 5.69 Å². The van der Waals surface area contributed by atoms with Crippen molar-refractivity contribution in [3.05, 3.63) is 42.1 Å². The summed E-state index contributed by atoms with van der Waals surface area (Å²) < 4.78 is 0. The SMILES string of the molecule is Cc1cc(N2CCN(c3ccccc3)CC2)nc(NC(=S)NC(C)C)n1. The van der Waals surface area contributed by atoms with E-state index in [1.807, 2.05) is 26.8 Å². The molecule has 1 aliphatic rings. The molecule has 0 amide bonds. The van der Waals surface area contributed by atoms with Gasteiger partial charge in [-0.3, -0.25) is 0 Å². The van der Waals surface area contributed by atoms with Crippen LogP contribution in [-0.2, 0) is 0 Å². The van der Waals surface area contributed by atoms with Crippen molar-refractivity contribution in [3.8, 4) is 0 Å². The van der Waals surface area contributed by atoms with Gasteiger partial charge in [-0.05, 0) is 45.1 Å². The number of nitrogens with one attached hydrogen (secondary N) is 2. The summed E-state index contributed by atoms with van der Waals surface area (Å²) in [6.07, 6.45) is 0. The van der Waals surface area contributed by atoms with Gasteiger partial charge in [0.2, 0.25) is 5.95 Å². The lowest BCUT2D eigenvalue weighted by atomic mass is 10.2. The molecule has 0 bridgehead atoms. The molecule has 1 aliphatic heterocycles. The predicted molar refractivity (Wildman–Crippen MR) is 112 cm³/mol. The molecule has 0 spiro atoms. The van der Waals surface area contributed by atoms with Crippen molar-refractivity contribution < 1.29 is 0 Å². The van der Waals surface area contributed by atoms with Crippen LogP contribution in [0, 0.1) is 6.92 Å². The van der Waals surface area contributed by atoms with Gasteiger partial charge in [0, 0.05) is 49.7 Å². The minimum absolute atomic E-state index is 0.269. The summed E-state index contributed by atoms with van der Waals surface area (Å²) in [5.74, 6) is 1.49. The number of thiocarbonyl (C=S) groups is 1. The topological polar surface area (TPSA) is 56.3 Å². The molecule has 6 nitrogen and oxygen atoms in total. The third-order valence-corrected chi connectivity index (χ3v) is 4.43. The summed E-state index contributed by atoms with van der Waals surface area (Å²) in [6.45, 7) is 9.88. The van der Waals surface area contributed by atoms with E-state index in [2.05, 4.69) is 60.7 Å². The van der Waals surface area contributed by atoms with Crippen molar-refractivity contribution in [2.24, 2.45) is 0 Å². The van der Waals surface area contributed by atoms with E-state index in [4.69, 9.17) is 12.2 Å². The van der Waals surface area contributed by atoms with Gasteiger partial charge in [-0.2, -0.15) is 4.98 Å². The average Bonchev–Trinajstić information content (AvgIpc) is 2.61. The second-order valence-corrected chi connectivity index (χ2v) is 7.16. The highest BCUT2D eigenvalue weighted by molar-refractivity contribution is 7.80. The maximum Gasteiger partial charge on any atom is 0.231 e. The molecule has 2 aromatic rings. The van der Waals surface area contributed by atoms with Gasteiger partial charge in [-0.1, -0.05) is 18.2 Å². The number of rotatable bonds is 4. The van der Waals surface area contributed by atoms with Gasteiger partial charge < -0.3 is 20.4 Å². The average molecular weight is 371 g/mol. The summed E-state index contributed by atoms with van der Waals surface area (Å²) >= 11 is 5.30. The molecule has 1 saturated heterocycles. The summed E-state index contributed by atoms with van der Waals surface area (Å²) in [4.78, 5) is 13.8. The van der Waals surface area contributed by atoms with Crippen LogP contribution in [0.3, 0.4) is 0 Å². The van der Waals surface area contributed by atoms with Crippen molar-refractivity contribution in [1.29, 1.82) is 0 Å². The van der Waals surface area contributed by atoms with E-state index in [-0.39, 0.29) is 6.04 Å². The Balaban J connectivity index is 1.65. The maximum absolute atomic E-state index is 5.30. The Morgan fingerprint density at radius 3 is 2.35 bits per heavy atom. The van der Waals surface area contributed by atoms with Crippen molar-refractivity contribution in [2.75, 3.05) is 41.3 Å². The minimum Gasteiger partial charge on any atom is -0.368 e. The lowest BCUT2D eigenvalue weighted by Crippen LogP contribution is -2.47. The molecule has 1 aromatic heterocycles. The van der Waals surface area contributed by atoms with Gasteiger partial charge in [0.1, 0.15) is 5.82 Å². The van der Waals surface area contributed by atoms with Gasteiger partial charge in [-0.25, -0.2) is 4.98 Å². The van der Waals surface area contributed by atoms with E-state index in [0.717, 1.165) is 37.7 Å². The lowest BCUT2D eigenvalue weighted by molar-refractivity contribution is 0.647. The largest absolute Gasteiger partial charge is 0.368 e. The van der Waals surface area contributed by atoms with E-state index < -0.39 is 0 Å². The Bertz CT molecular complexity index is 741. The molecule has 0 atom stereocenters. The third-order valence-electron chi connectivity index (χ3n) is 4.21. The molecule has 3 rings (SSSR count). The molecule has 0 saturated carbocycles. The van der Waals surface area contributed by atoms with E-state index in [0.29, 0.717) is 11.1 Å². The molecule has 26 heavy (non-hydrogen) atoms. The normalized spacial score (nSPS) is 14.5. The Kier molecular flexibility index (Phi) is 5.88. The van der Waals surface area contributed by atoms with E-state index >= 15 is 0 Å². The first-order chi connectivity index (χ1) is 12.5. The smallest absolute Gasteiger partial charge is 0.231 e. The zero-order valence-electron chi connectivity index (χ0n) is 15.6. The predicted octanol–water partition coefficient (Wildman–Crippen LogP) is 2.81. The van der Waals surface area contributed by atoms with Crippen LogP contribution in [-0.4, -0.2) is 47.3 Å². The molecule has 2 heterocycles. The highest BCUT2D eigenvalue weighted by Gasteiger charge is 2.19. The Morgan fingerprint density at radius 2 is 1.69 bits per heavy atom. The number of anilines is 3. The first-order valence-electron chi connectivity index (χ1n) is 8.99. The fourth-order valence-electron chi connectivity index (χ4n) is 3.00. The second-order valence-electron chi connectivity index (χ2n) is 6.75. The zero-order chi connectivity index (χ0) is 18.5. The monoisotopic (exact) mass is 370 g/mol. The van der Waals surface area contributed by atoms with E-state index in [1.54, 1.807) is 0 Å². The Hall–Kier alpha value is -2.41. The van der Waals surface area contributed by atoms with Crippen LogP contribution in [0.15, 0.2) is 36.4 Å². The first kappa shape index (κ1) is 18.4. The van der Waals surface area contributed by atoms with Crippen molar-refractivity contribution in [3.63, 3.8) is 0 Å². The Morgan fingerprint density at radius 1 is 1.04 bits per heavy atom. The fraction of sp³-hybridized carbons (Fsp3) is 0.421. The number of aryl methyl sites for hydroxylation is 1. The number of hydrogen-bond acceptors (Lipinski definition) is 5. The molecule has 2 N–H and O–H groups in total. The van der Waals surface area contributed by atoms with E-state index in [9.17, 15) is 0 Å². The van der Waals surface area contributed by atoms with Crippen LogP contribution in [0.5, 0.6) is 0 Å². The van der Waals surface area contributed by atoms with Gasteiger partial charge >= 0.3 is 0 Å². The van der Waals surface area contributed by atoms with Crippen LogP contribution in [0.1, 0.15) is 19.5 Å². The summed E-state index contributed by atoms with van der Waals surface area (Å²) in [7, 11) is 0. The molecule has 138 valence electrons. The zero-order valence-corrected chi connectivity index (χ0v) is 16.4. The molecule has 0 aliphatic carbocycles.